The first kappa shape index (κ1) is 21.1. The second-order valence-corrected chi connectivity index (χ2v) is 6.45. The highest BCUT2D eigenvalue weighted by Gasteiger charge is 2.11. The van der Waals surface area contributed by atoms with Crippen molar-refractivity contribution in [3.05, 3.63) is 59.0 Å². The van der Waals surface area contributed by atoms with E-state index in [9.17, 15) is 14.4 Å². The summed E-state index contributed by atoms with van der Waals surface area (Å²) >= 11 is 0. The number of carbonyl (C=O) groups excluding carboxylic acids is 1. The van der Waals surface area contributed by atoms with Gasteiger partial charge in [0.1, 0.15) is 36.6 Å². The molecule has 0 aliphatic carbocycles. The normalized spacial score (nSPS) is 10.7. The van der Waals surface area contributed by atoms with Gasteiger partial charge in [-0.25, -0.2) is 4.79 Å². The predicted octanol–water partition coefficient (Wildman–Crippen LogP) is 2.91. The standard InChI is InChI=1S/C22H20O8/c1-14(23)11-27-8-9-28-16-4-2-15(3-5-16)19-12-30-20-10-17(29-13-21(24)25)6-7-18(20)22(19)26/h2-7,10,12H,8-9,11,13H2,1H3,(H,24,25). The molecule has 0 saturated carbocycles. The molecule has 8 heteroatoms. The van der Waals surface area contributed by atoms with Crippen LogP contribution >= 0.6 is 0 Å². The second kappa shape index (κ2) is 9.71. The summed E-state index contributed by atoms with van der Waals surface area (Å²) in [5, 5.41) is 9.04. The maximum Gasteiger partial charge on any atom is 0.341 e. The molecule has 0 aliphatic heterocycles. The van der Waals surface area contributed by atoms with Crippen LogP contribution in [0.25, 0.3) is 22.1 Å². The van der Waals surface area contributed by atoms with E-state index in [1.807, 2.05) is 0 Å². The van der Waals surface area contributed by atoms with Gasteiger partial charge in [0.2, 0.25) is 0 Å². The van der Waals surface area contributed by atoms with Gasteiger partial charge in [0.05, 0.1) is 17.6 Å². The Kier molecular flexibility index (Phi) is 6.82. The molecule has 0 radical (unpaired) electrons. The third-order valence-electron chi connectivity index (χ3n) is 4.08. The van der Waals surface area contributed by atoms with Crippen LogP contribution in [0.1, 0.15) is 6.92 Å². The molecule has 3 rings (SSSR count). The molecular formula is C22H20O8. The first-order valence-electron chi connectivity index (χ1n) is 9.14. The van der Waals surface area contributed by atoms with E-state index in [0.29, 0.717) is 46.8 Å². The van der Waals surface area contributed by atoms with Crippen molar-refractivity contribution in [1.29, 1.82) is 0 Å². The number of hydrogen-bond acceptors (Lipinski definition) is 7. The fourth-order valence-corrected chi connectivity index (χ4v) is 2.71. The summed E-state index contributed by atoms with van der Waals surface area (Å²) in [5.41, 5.74) is 1.14. The Balaban J connectivity index is 1.70. The van der Waals surface area contributed by atoms with Crippen molar-refractivity contribution >= 4 is 22.7 Å². The molecule has 0 fully saturated rings. The van der Waals surface area contributed by atoms with Gasteiger partial charge in [0, 0.05) is 6.07 Å². The van der Waals surface area contributed by atoms with E-state index < -0.39 is 12.6 Å². The fourth-order valence-electron chi connectivity index (χ4n) is 2.71. The minimum Gasteiger partial charge on any atom is -0.491 e. The molecule has 0 bridgehead atoms. The van der Waals surface area contributed by atoms with E-state index in [-0.39, 0.29) is 17.8 Å². The lowest BCUT2D eigenvalue weighted by Crippen LogP contribution is -2.11. The second-order valence-electron chi connectivity index (χ2n) is 6.45. The topological polar surface area (TPSA) is 112 Å². The van der Waals surface area contributed by atoms with Gasteiger partial charge in [0.15, 0.2) is 17.8 Å². The Morgan fingerprint density at radius 2 is 1.70 bits per heavy atom. The largest absolute Gasteiger partial charge is 0.491 e. The molecule has 1 heterocycles. The quantitative estimate of drug-likeness (QED) is 0.506. The van der Waals surface area contributed by atoms with Crippen molar-refractivity contribution in [2.24, 2.45) is 0 Å². The summed E-state index contributed by atoms with van der Waals surface area (Å²) < 4.78 is 21.3. The van der Waals surface area contributed by atoms with E-state index >= 15 is 0 Å². The number of carbonyl (C=O) groups is 2. The van der Waals surface area contributed by atoms with Crippen LogP contribution in [0.5, 0.6) is 11.5 Å². The first-order valence-corrected chi connectivity index (χ1v) is 9.14. The molecule has 0 atom stereocenters. The Labute approximate surface area is 171 Å². The summed E-state index contributed by atoms with van der Waals surface area (Å²) in [6.07, 6.45) is 1.36. The van der Waals surface area contributed by atoms with Crippen LogP contribution in [0.2, 0.25) is 0 Å². The number of aliphatic carboxylic acids is 1. The van der Waals surface area contributed by atoms with Crippen molar-refractivity contribution in [2.75, 3.05) is 26.4 Å². The van der Waals surface area contributed by atoms with Gasteiger partial charge in [-0.2, -0.15) is 0 Å². The zero-order valence-electron chi connectivity index (χ0n) is 16.3. The van der Waals surface area contributed by atoms with Crippen LogP contribution in [0.3, 0.4) is 0 Å². The highest BCUT2D eigenvalue weighted by molar-refractivity contribution is 5.82. The Hall–Kier alpha value is -3.65. The van der Waals surface area contributed by atoms with Crippen molar-refractivity contribution in [2.45, 2.75) is 6.92 Å². The van der Waals surface area contributed by atoms with Crippen molar-refractivity contribution < 1.29 is 33.3 Å². The molecule has 0 aliphatic rings. The summed E-state index contributed by atoms with van der Waals surface area (Å²) in [6, 6.07) is 11.5. The lowest BCUT2D eigenvalue weighted by Gasteiger charge is -2.08. The van der Waals surface area contributed by atoms with E-state index in [0.717, 1.165) is 0 Å². The number of Topliss-reactive ketones (excluding diaryl/α,β-unsaturated/α-hetero) is 1. The number of fused-ring (bicyclic) bond motifs is 1. The molecule has 8 nitrogen and oxygen atoms in total. The fraction of sp³-hybridized carbons (Fsp3) is 0.227. The smallest absolute Gasteiger partial charge is 0.341 e. The number of ketones is 1. The Morgan fingerprint density at radius 1 is 0.967 bits per heavy atom. The molecule has 30 heavy (non-hydrogen) atoms. The van der Waals surface area contributed by atoms with Gasteiger partial charge in [0.25, 0.3) is 0 Å². The molecule has 0 saturated heterocycles. The van der Waals surface area contributed by atoms with Gasteiger partial charge in [-0.15, -0.1) is 0 Å². The zero-order chi connectivity index (χ0) is 21.5. The van der Waals surface area contributed by atoms with E-state index in [1.165, 1.54) is 25.3 Å². The van der Waals surface area contributed by atoms with Crippen molar-refractivity contribution in [1.82, 2.24) is 0 Å². The molecule has 156 valence electrons. The molecular weight excluding hydrogens is 392 g/mol. The van der Waals surface area contributed by atoms with Gasteiger partial charge >= 0.3 is 5.97 Å². The first-order chi connectivity index (χ1) is 14.4. The molecule has 0 spiro atoms. The zero-order valence-corrected chi connectivity index (χ0v) is 16.3. The summed E-state index contributed by atoms with van der Waals surface area (Å²) in [4.78, 5) is 34.2. The number of hydrogen-bond donors (Lipinski definition) is 1. The van der Waals surface area contributed by atoms with Crippen molar-refractivity contribution in [3.63, 3.8) is 0 Å². The molecule has 0 amide bonds. The molecule has 2 aromatic carbocycles. The highest BCUT2D eigenvalue weighted by Crippen LogP contribution is 2.24. The van der Waals surface area contributed by atoms with Crippen LogP contribution in [0.4, 0.5) is 0 Å². The predicted molar refractivity (Wildman–Crippen MR) is 108 cm³/mol. The summed E-state index contributed by atoms with van der Waals surface area (Å²) in [7, 11) is 0. The van der Waals surface area contributed by atoms with Crippen LogP contribution in [0, 0.1) is 0 Å². The van der Waals surface area contributed by atoms with Crippen molar-refractivity contribution in [3.8, 4) is 22.6 Å². The number of benzene rings is 2. The van der Waals surface area contributed by atoms with Crippen LogP contribution in [-0.4, -0.2) is 43.3 Å². The number of ether oxygens (including phenoxy) is 3. The van der Waals surface area contributed by atoms with Gasteiger partial charge in [-0.1, -0.05) is 12.1 Å². The monoisotopic (exact) mass is 412 g/mol. The SMILES string of the molecule is CC(=O)COCCOc1ccc(-c2coc3cc(OCC(=O)O)ccc3c2=O)cc1. The highest BCUT2D eigenvalue weighted by atomic mass is 16.5. The average Bonchev–Trinajstić information content (AvgIpc) is 2.72. The van der Waals surface area contributed by atoms with E-state index in [2.05, 4.69) is 0 Å². The maximum atomic E-state index is 12.8. The van der Waals surface area contributed by atoms with Gasteiger partial charge < -0.3 is 23.7 Å². The summed E-state index contributed by atoms with van der Waals surface area (Å²) in [6.45, 7) is 1.64. The molecule has 3 aromatic rings. The van der Waals surface area contributed by atoms with Crippen LogP contribution in [0.15, 0.2) is 57.9 Å². The lowest BCUT2D eigenvalue weighted by atomic mass is 10.1. The number of carboxylic acid groups (broad SMARTS) is 1. The third-order valence-corrected chi connectivity index (χ3v) is 4.08. The lowest BCUT2D eigenvalue weighted by molar-refractivity contribution is -0.139. The Bertz CT molecular complexity index is 1100. The molecule has 1 aromatic heterocycles. The molecule has 0 unspecified atom stereocenters. The molecule has 1 N–H and O–H groups in total. The number of rotatable bonds is 10. The van der Waals surface area contributed by atoms with Crippen LogP contribution < -0.4 is 14.9 Å². The van der Waals surface area contributed by atoms with Gasteiger partial charge in [-0.05, 0) is 36.8 Å². The maximum absolute atomic E-state index is 12.8. The summed E-state index contributed by atoms with van der Waals surface area (Å²) in [5.74, 6) is -0.231. The van der Waals surface area contributed by atoms with E-state index in [1.54, 1.807) is 30.3 Å². The van der Waals surface area contributed by atoms with Crippen LogP contribution in [-0.2, 0) is 14.3 Å². The minimum atomic E-state index is -1.09. The average molecular weight is 412 g/mol. The number of carboxylic acids is 1. The Morgan fingerprint density at radius 3 is 2.40 bits per heavy atom. The third kappa shape index (κ3) is 5.45. The van der Waals surface area contributed by atoms with E-state index in [4.69, 9.17) is 23.7 Å². The minimum absolute atomic E-state index is 0.0439. The van der Waals surface area contributed by atoms with Gasteiger partial charge in [-0.3, -0.25) is 9.59 Å².